The van der Waals surface area contributed by atoms with Crippen LogP contribution < -0.4 is 5.43 Å². The fourth-order valence-electron chi connectivity index (χ4n) is 3.09. The molecule has 4 rings (SSSR count). The molecule has 132 valence electrons. The summed E-state index contributed by atoms with van der Waals surface area (Å²) >= 11 is 5.89. The lowest BCUT2D eigenvalue weighted by atomic mass is 9.97. The minimum absolute atomic E-state index is 0.0717. The number of hydrogen-bond acceptors (Lipinski definition) is 3. The lowest BCUT2D eigenvalue weighted by molar-refractivity contribution is 0.0952. The van der Waals surface area contributed by atoms with E-state index in [9.17, 15) is 9.90 Å². The third-order valence-corrected chi connectivity index (χ3v) is 4.61. The van der Waals surface area contributed by atoms with Crippen LogP contribution in [0.5, 0.6) is 5.75 Å². The van der Waals surface area contributed by atoms with Gasteiger partial charge in [-0.3, -0.25) is 4.79 Å². The van der Waals surface area contributed by atoms with Crippen molar-refractivity contribution < 1.29 is 9.90 Å². The van der Waals surface area contributed by atoms with Crippen LogP contribution in [0.3, 0.4) is 0 Å². The van der Waals surface area contributed by atoms with E-state index in [-0.39, 0.29) is 11.3 Å². The normalized spacial score (nSPS) is 11.3. The predicted octanol–water partition coefficient (Wildman–Crippen LogP) is 5.12. The lowest BCUT2D eigenvalue weighted by Crippen LogP contribution is -2.17. The largest absolute Gasteiger partial charge is 0.507 e. The first-order chi connectivity index (χ1) is 13.1. The quantitative estimate of drug-likeness (QED) is 0.297. The second-order valence-corrected chi connectivity index (χ2v) is 6.53. The standard InChI is InChI=1S/C22H15ClN2O2/c23-16-9-10-21(26)19(12-16)22(27)25-24-13-20-17-7-3-1-5-14(17)11-15-6-2-4-8-18(15)20/h1-13,26H,(H,25,27). The highest BCUT2D eigenvalue weighted by Crippen LogP contribution is 2.27. The summed E-state index contributed by atoms with van der Waals surface area (Å²) in [6, 6.07) is 22.5. The van der Waals surface area contributed by atoms with Gasteiger partial charge in [0.05, 0.1) is 11.8 Å². The van der Waals surface area contributed by atoms with E-state index in [1.165, 1.54) is 18.2 Å². The Labute approximate surface area is 160 Å². The Morgan fingerprint density at radius 2 is 1.56 bits per heavy atom. The Hall–Kier alpha value is -3.37. The highest BCUT2D eigenvalue weighted by Gasteiger charge is 2.11. The van der Waals surface area contributed by atoms with Crippen LogP contribution in [0.4, 0.5) is 0 Å². The summed E-state index contributed by atoms with van der Waals surface area (Å²) in [4.78, 5) is 12.3. The molecule has 0 aliphatic heterocycles. The van der Waals surface area contributed by atoms with E-state index >= 15 is 0 Å². The number of aromatic hydroxyl groups is 1. The van der Waals surface area contributed by atoms with Gasteiger partial charge in [0.1, 0.15) is 5.75 Å². The molecule has 27 heavy (non-hydrogen) atoms. The fraction of sp³-hybridized carbons (Fsp3) is 0. The monoisotopic (exact) mass is 374 g/mol. The zero-order valence-electron chi connectivity index (χ0n) is 14.2. The van der Waals surface area contributed by atoms with Crippen LogP contribution in [-0.4, -0.2) is 17.2 Å². The number of nitrogens with zero attached hydrogens (tertiary/aromatic N) is 1. The molecule has 0 saturated carbocycles. The molecule has 0 fully saturated rings. The summed E-state index contributed by atoms with van der Waals surface area (Å²) in [5.74, 6) is -0.682. The van der Waals surface area contributed by atoms with E-state index in [1.54, 1.807) is 6.21 Å². The molecule has 4 aromatic carbocycles. The molecule has 0 heterocycles. The van der Waals surface area contributed by atoms with Gasteiger partial charge in [-0.05, 0) is 45.8 Å². The van der Waals surface area contributed by atoms with Crippen LogP contribution in [0, 0.1) is 0 Å². The summed E-state index contributed by atoms with van der Waals surface area (Å²) in [5, 5.41) is 18.6. The summed E-state index contributed by atoms with van der Waals surface area (Å²) in [7, 11) is 0. The Kier molecular flexibility index (Phi) is 4.48. The number of phenols is 1. The first kappa shape index (κ1) is 17.1. The number of amides is 1. The first-order valence-electron chi connectivity index (χ1n) is 8.36. The van der Waals surface area contributed by atoms with E-state index in [0.29, 0.717) is 5.02 Å². The predicted molar refractivity (Wildman–Crippen MR) is 110 cm³/mol. The van der Waals surface area contributed by atoms with Crippen molar-refractivity contribution in [2.24, 2.45) is 5.10 Å². The smallest absolute Gasteiger partial charge is 0.275 e. The van der Waals surface area contributed by atoms with E-state index in [0.717, 1.165) is 27.1 Å². The van der Waals surface area contributed by atoms with Crippen LogP contribution in [0.2, 0.25) is 5.02 Å². The average Bonchev–Trinajstić information content (AvgIpc) is 2.69. The summed E-state index contributed by atoms with van der Waals surface area (Å²) in [6.07, 6.45) is 1.63. The molecular weight excluding hydrogens is 360 g/mol. The van der Waals surface area contributed by atoms with Crippen molar-refractivity contribution in [2.75, 3.05) is 0 Å². The molecule has 0 spiro atoms. The van der Waals surface area contributed by atoms with Crippen molar-refractivity contribution in [3.05, 3.63) is 88.9 Å². The number of benzene rings is 4. The van der Waals surface area contributed by atoms with Gasteiger partial charge in [0.15, 0.2) is 0 Å². The van der Waals surface area contributed by atoms with Gasteiger partial charge >= 0.3 is 0 Å². The number of carbonyl (C=O) groups is 1. The summed E-state index contributed by atoms with van der Waals surface area (Å²) < 4.78 is 0. The third kappa shape index (κ3) is 3.35. The van der Waals surface area contributed by atoms with Crippen LogP contribution in [0.1, 0.15) is 15.9 Å². The molecule has 1 amide bonds. The third-order valence-electron chi connectivity index (χ3n) is 4.38. The van der Waals surface area contributed by atoms with E-state index in [4.69, 9.17) is 11.6 Å². The number of rotatable bonds is 3. The molecular formula is C22H15ClN2O2. The average molecular weight is 375 g/mol. The molecule has 5 heteroatoms. The first-order valence-corrected chi connectivity index (χ1v) is 8.74. The lowest BCUT2D eigenvalue weighted by Gasteiger charge is -2.08. The number of nitrogens with one attached hydrogen (secondary N) is 1. The van der Waals surface area contributed by atoms with Gasteiger partial charge in [-0.15, -0.1) is 0 Å². The topological polar surface area (TPSA) is 61.7 Å². The molecule has 0 unspecified atom stereocenters. The molecule has 0 bridgehead atoms. The number of fused-ring (bicyclic) bond motifs is 2. The van der Waals surface area contributed by atoms with Crippen LogP contribution in [0.15, 0.2) is 77.9 Å². The van der Waals surface area contributed by atoms with Crippen LogP contribution in [0.25, 0.3) is 21.5 Å². The zero-order valence-corrected chi connectivity index (χ0v) is 14.9. The molecule has 0 aliphatic rings. The number of carbonyl (C=O) groups excluding carboxylic acids is 1. The van der Waals surface area contributed by atoms with Crippen molar-refractivity contribution in [3.63, 3.8) is 0 Å². The summed E-state index contributed by atoms with van der Waals surface area (Å²) in [6.45, 7) is 0. The van der Waals surface area contributed by atoms with Crippen molar-refractivity contribution >= 4 is 45.3 Å². The molecule has 0 aromatic heterocycles. The highest BCUT2D eigenvalue weighted by atomic mass is 35.5. The van der Waals surface area contributed by atoms with Gasteiger partial charge in [0.25, 0.3) is 5.91 Å². The second kappa shape index (κ2) is 7.09. The number of phenolic OH excluding ortho intramolecular Hbond substituents is 1. The van der Waals surface area contributed by atoms with Crippen LogP contribution in [-0.2, 0) is 0 Å². The molecule has 0 atom stereocenters. The van der Waals surface area contributed by atoms with Gasteiger partial charge in [-0.1, -0.05) is 60.1 Å². The number of halogens is 1. The molecule has 4 nitrogen and oxygen atoms in total. The minimum atomic E-state index is -0.532. The zero-order chi connectivity index (χ0) is 18.8. The maximum atomic E-state index is 12.3. The van der Waals surface area contributed by atoms with E-state index in [1.807, 2.05) is 48.5 Å². The summed E-state index contributed by atoms with van der Waals surface area (Å²) in [5.41, 5.74) is 3.44. The molecule has 0 radical (unpaired) electrons. The number of hydrazone groups is 1. The Morgan fingerprint density at radius 3 is 2.22 bits per heavy atom. The SMILES string of the molecule is O=C(NN=Cc1c2ccccc2cc2ccccc12)c1cc(Cl)ccc1O. The van der Waals surface area contributed by atoms with Crippen molar-refractivity contribution in [2.45, 2.75) is 0 Å². The second-order valence-electron chi connectivity index (χ2n) is 6.09. The Balaban J connectivity index is 1.72. The van der Waals surface area contributed by atoms with Gasteiger partial charge in [0, 0.05) is 10.6 Å². The molecule has 0 saturated heterocycles. The fourth-order valence-corrected chi connectivity index (χ4v) is 3.27. The van der Waals surface area contributed by atoms with Gasteiger partial charge in [-0.25, -0.2) is 5.43 Å². The van der Waals surface area contributed by atoms with E-state index in [2.05, 4.69) is 16.6 Å². The molecule has 2 N–H and O–H groups in total. The van der Waals surface area contributed by atoms with Crippen molar-refractivity contribution in [1.82, 2.24) is 5.43 Å². The number of hydrogen-bond donors (Lipinski definition) is 2. The van der Waals surface area contributed by atoms with Gasteiger partial charge < -0.3 is 5.11 Å². The van der Waals surface area contributed by atoms with Crippen molar-refractivity contribution in [1.29, 1.82) is 0 Å². The van der Waals surface area contributed by atoms with Gasteiger partial charge in [-0.2, -0.15) is 5.10 Å². The Bertz CT molecular complexity index is 1150. The Morgan fingerprint density at radius 1 is 0.926 bits per heavy atom. The highest BCUT2D eigenvalue weighted by molar-refractivity contribution is 6.31. The molecule has 0 aliphatic carbocycles. The minimum Gasteiger partial charge on any atom is -0.507 e. The van der Waals surface area contributed by atoms with Crippen molar-refractivity contribution in [3.8, 4) is 5.75 Å². The maximum absolute atomic E-state index is 12.3. The maximum Gasteiger partial charge on any atom is 0.275 e. The van der Waals surface area contributed by atoms with Crippen LogP contribution >= 0.6 is 11.6 Å². The van der Waals surface area contributed by atoms with Gasteiger partial charge in [0.2, 0.25) is 0 Å². The molecule has 4 aromatic rings. The van der Waals surface area contributed by atoms with E-state index < -0.39 is 5.91 Å².